The van der Waals surface area contributed by atoms with Crippen molar-refractivity contribution in [3.05, 3.63) is 21.0 Å². The number of alkyl halides is 2. The Morgan fingerprint density at radius 2 is 2.29 bits per heavy atom. The predicted molar refractivity (Wildman–Crippen MR) is 52.9 cm³/mol. The molecule has 1 N–H and O–H groups in total. The SMILES string of the molecule is N#CCc1cc(O)c(C(F)F)nc1I. The van der Waals surface area contributed by atoms with Gasteiger partial charge in [-0.05, 0) is 28.7 Å². The normalized spacial score (nSPS) is 10.2. The summed E-state index contributed by atoms with van der Waals surface area (Å²) in [6.45, 7) is 0. The molecular weight excluding hydrogens is 305 g/mol. The molecule has 14 heavy (non-hydrogen) atoms. The fourth-order valence-electron chi connectivity index (χ4n) is 0.903. The number of aromatic hydroxyl groups is 1. The van der Waals surface area contributed by atoms with Crippen molar-refractivity contribution in [2.45, 2.75) is 12.8 Å². The van der Waals surface area contributed by atoms with Crippen LogP contribution >= 0.6 is 22.6 Å². The largest absolute Gasteiger partial charge is 0.506 e. The number of rotatable bonds is 2. The molecule has 0 radical (unpaired) electrons. The molecule has 0 saturated carbocycles. The first kappa shape index (κ1) is 11.1. The number of halogens is 3. The number of nitriles is 1. The highest BCUT2D eigenvalue weighted by Gasteiger charge is 2.17. The van der Waals surface area contributed by atoms with Gasteiger partial charge in [0.2, 0.25) is 0 Å². The summed E-state index contributed by atoms with van der Waals surface area (Å²) >= 11 is 1.75. The van der Waals surface area contributed by atoms with Gasteiger partial charge in [-0.1, -0.05) is 0 Å². The molecule has 0 saturated heterocycles. The highest BCUT2D eigenvalue weighted by Crippen LogP contribution is 2.28. The molecule has 0 amide bonds. The van der Waals surface area contributed by atoms with Gasteiger partial charge in [-0.15, -0.1) is 0 Å². The van der Waals surface area contributed by atoms with Gasteiger partial charge >= 0.3 is 0 Å². The van der Waals surface area contributed by atoms with E-state index in [1.165, 1.54) is 0 Å². The van der Waals surface area contributed by atoms with Gasteiger partial charge in [0, 0.05) is 5.56 Å². The van der Waals surface area contributed by atoms with Crippen LogP contribution in [-0.2, 0) is 6.42 Å². The maximum atomic E-state index is 12.2. The van der Waals surface area contributed by atoms with Crippen molar-refractivity contribution in [3.8, 4) is 11.8 Å². The second kappa shape index (κ2) is 4.50. The first-order valence-electron chi connectivity index (χ1n) is 3.59. The molecule has 6 heteroatoms. The molecule has 0 spiro atoms. The molecule has 0 aliphatic heterocycles. The fraction of sp³-hybridized carbons (Fsp3) is 0.250. The molecule has 0 aromatic carbocycles. The van der Waals surface area contributed by atoms with Crippen LogP contribution in [0.25, 0.3) is 0 Å². The number of hydrogen-bond donors (Lipinski definition) is 1. The Morgan fingerprint density at radius 3 is 2.79 bits per heavy atom. The molecule has 1 aromatic rings. The van der Waals surface area contributed by atoms with Crippen molar-refractivity contribution in [3.63, 3.8) is 0 Å². The fourth-order valence-corrected chi connectivity index (χ4v) is 1.51. The molecule has 1 rings (SSSR count). The lowest BCUT2D eigenvalue weighted by Gasteiger charge is -2.05. The van der Waals surface area contributed by atoms with E-state index < -0.39 is 17.9 Å². The van der Waals surface area contributed by atoms with E-state index in [1.54, 1.807) is 22.6 Å². The third-order valence-corrected chi connectivity index (χ3v) is 2.47. The molecule has 74 valence electrons. The molecule has 1 aromatic heterocycles. The summed E-state index contributed by atoms with van der Waals surface area (Å²) in [6.07, 6.45) is -2.76. The molecule has 0 aliphatic rings. The third kappa shape index (κ3) is 2.29. The first-order chi connectivity index (χ1) is 6.56. The molecular formula is C8H5F2IN2O. The van der Waals surface area contributed by atoms with Crippen molar-refractivity contribution in [2.75, 3.05) is 0 Å². The molecule has 0 atom stereocenters. The van der Waals surface area contributed by atoms with Crippen molar-refractivity contribution >= 4 is 22.6 Å². The van der Waals surface area contributed by atoms with Crippen LogP contribution in [0.2, 0.25) is 0 Å². The topological polar surface area (TPSA) is 56.9 Å². The minimum Gasteiger partial charge on any atom is -0.506 e. The minimum atomic E-state index is -2.81. The van der Waals surface area contributed by atoms with Crippen molar-refractivity contribution in [2.24, 2.45) is 0 Å². The summed E-state index contributed by atoms with van der Waals surface area (Å²) in [4.78, 5) is 3.53. The molecule has 0 bridgehead atoms. The second-order valence-corrected chi connectivity index (χ2v) is 3.50. The predicted octanol–water partition coefficient (Wildman–Crippen LogP) is 2.40. The number of pyridine rings is 1. The Morgan fingerprint density at radius 1 is 1.64 bits per heavy atom. The van der Waals surface area contributed by atoms with Gasteiger partial charge in [-0.3, -0.25) is 0 Å². The lowest BCUT2D eigenvalue weighted by molar-refractivity contribution is 0.141. The van der Waals surface area contributed by atoms with Crippen LogP contribution < -0.4 is 0 Å². The standard InChI is InChI=1S/C8H5F2IN2O/c9-7(10)6-5(14)3-4(1-2-12)8(11)13-6/h3,7,14H,1H2. The van der Waals surface area contributed by atoms with Crippen LogP contribution in [-0.4, -0.2) is 10.1 Å². The monoisotopic (exact) mass is 310 g/mol. The Kier molecular flexibility index (Phi) is 3.57. The van der Waals surface area contributed by atoms with E-state index >= 15 is 0 Å². The van der Waals surface area contributed by atoms with Crippen molar-refractivity contribution < 1.29 is 13.9 Å². The van der Waals surface area contributed by atoms with E-state index in [4.69, 9.17) is 10.4 Å². The van der Waals surface area contributed by atoms with Crippen LogP contribution in [0.15, 0.2) is 6.07 Å². The molecule has 1 heterocycles. The lowest BCUT2D eigenvalue weighted by atomic mass is 10.2. The number of hydrogen-bond acceptors (Lipinski definition) is 3. The zero-order valence-corrected chi connectivity index (χ0v) is 8.99. The Hall–Kier alpha value is -0.970. The quantitative estimate of drug-likeness (QED) is 0.674. The average molecular weight is 310 g/mol. The van der Waals surface area contributed by atoms with Crippen LogP contribution in [0.4, 0.5) is 8.78 Å². The van der Waals surface area contributed by atoms with E-state index in [1.807, 2.05) is 6.07 Å². The minimum absolute atomic E-state index is 0.0440. The van der Waals surface area contributed by atoms with Crippen molar-refractivity contribution in [1.29, 1.82) is 5.26 Å². The summed E-state index contributed by atoms with van der Waals surface area (Å²) in [7, 11) is 0. The summed E-state index contributed by atoms with van der Waals surface area (Å²) < 4.78 is 24.8. The van der Waals surface area contributed by atoms with E-state index in [-0.39, 0.29) is 6.42 Å². The Bertz CT molecular complexity index is 390. The van der Waals surface area contributed by atoms with Gasteiger partial charge in [0.25, 0.3) is 6.43 Å². The van der Waals surface area contributed by atoms with Crippen LogP contribution in [0.3, 0.4) is 0 Å². The summed E-state index contributed by atoms with van der Waals surface area (Å²) in [6, 6.07) is 3.01. The highest BCUT2D eigenvalue weighted by molar-refractivity contribution is 14.1. The zero-order chi connectivity index (χ0) is 10.7. The van der Waals surface area contributed by atoms with Crippen LogP contribution in [0.1, 0.15) is 17.7 Å². The number of nitrogens with zero attached hydrogens (tertiary/aromatic N) is 2. The Labute approximate surface area is 92.5 Å². The van der Waals surface area contributed by atoms with E-state index in [9.17, 15) is 8.78 Å². The van der Waals surface area contributed by atoms with Gasteiger partial charge in [0.15, 0.2) is 0 Å². The maximum Gasteiger partial charge on any atom is 0.284 e. The molecule has 0 unspecified atom stereocenters. The maximum absolute atomic E-state index is 12.2. The van der Waals surface area contributed by atoms with Gasteiger partial charge in [-0.2, -0.15) is 5.26 Å². The van der Waals surface area contributed by atoms with E-state index in [0.717, 1.165) is 6.07 Å². The van der Waals surface area contributed by atoms with Crippen LogP contribution in [0.5, 0.6) is 5.75 Å². The highest BCUT2D eigenvalue weighted by atomic mass is 127. The summed E-state index contributed by atoms with van der Waals surface area (Å²) in [5, 5.41) is 17.6. The molecule has 3 nitrogen and oxygen atoms in total. The van der Waals surface area contributed by atoms with Gasteiger partial charge < -0.3 is 5.11 Å². The smallest absolute Gasteiger partial charge is 0.284 e. The summed E-state index contributed by atoms with van der Waals surface area (Å²) in [5.74, 6) is -0.564. The van der Waals surface area contributed by atoms with E-state index in [2.05, 4.69) is 4.98 Å². The second-order valence-electron chi connectivity index (χ2n) is 2.48. The first-order valence-corrected chi connectivity index (χ1v) is 4.67. The van der Waals surface area contributed by atoms with Gasteiger partial charge in [0.05, 0.1) is 12.5 Å². The third-order valence-electron chi connectivity index (χ3n) is 1.53. The van der Waals surface area contributed by atoms with Crippen molar-refractivity contribution in [1.82, 2.24) is 4.98 Å². The summed E-state index contributed by atoms with van der Waals surface area (Å²) in [5.41, 5.74) is -0.189. The molecule has 0 fully saturated rings. The average Bonchev–Trinajstić information content (AvgIpc) is 2.10. The zero-order valence-electron chi connectivity index (χ0n) is 6.84. The molecule has 0 aliphatic carbocycles. The van der Waals surface area contributed by atoms with Gasteiger partial charge in [-0.25, -0.2) is 13.8 Å². The lowest BCUT2D eigenvalue weighted by Crippen LogP contribution is -1.98. The number of aromatic nitrogens is 1. The van der Waals surface area contributed by atoms with E-state index in [0.29, 0.717) is 9.26 Å². The Balaban J connectivity index is 3.18. The van der Waals surface area contributed by atoms with Crippen LogP contribution in [0, 0.1) is 15.0 Å². The van der Waals surface area contributed by atoms with Gasteiger partial charge in [0.1, 0.15) is 15.1 Å².